The molecule has 0 spiro atoms. The predicted octanol–water partition coefficient (Wildman–Crippen LogP) is -0.0128. The van der Waals surface area contributed by atoms with Crippen LogP contribution in [-0.2, 0) is 14.3 Å². The van der Waals surface area contributed by atoms with E-state index in [-0.39, 0.29) is 12.0 Å². The Hall–Kier alpha value is -1.93. The van der Waals surface area contributed by atoms with Gasteiger partial charge in [0.1, 0.15) is 24.9 Å². The smallest absolute Gasteiger partial charge is 0.249 e. The molecule has 0 saturated carbocycles. The van der Waals surface area contributed by atoms with Crippen molar-refractivity contribution in [1.29, 1.82) is 0 Å². The van der Waals surface area contributed by atoms with Crippen LogP contribution >= 0.6 is 0 Å². The van der Waals surface area contributed by atoms with E-state index in [0.29, 0.717) is 38.9 Å². The lowest BCUT2D eigenvalue weighted by Crippen LogP contribution is -2.37. The summed E-state index contributed by atoms with van der Waals surface area (Å²) >= 11 is 0. The highest BCUT2D eigenvalue weighted by Crippen LogP contribution is 2.16. The van der Waals surface area contributed by atoms with Crippen LogP contribution in [0.15, 0.2) is 12.4 Å². The van der Waals surface area contributed by atoms with E-state index in [1.165, 1.54) is 6.33 Å². The largest absolute Gasteiger partial charge is 0.476 e. The van der Waals surface area contributed by atoms with Crippen LogP contribution in [0.25, 0.3) is 0 Å². The third-order valence-corrected chi connectivity index (χ3v) is 3.84. The Balaban J connectivity index is 1.42. The molecule has 0 radical (unpaired) electrons. The van der Waals surface area contributed by atoms with Gasteiger partial charge in [-0.15, -0.1) is 0 Å². The fourth-order valence-corrected chi connectivity index (χ4v) is 2.60. The molecule has 1 aromatic heterocycles. The number of nitrogens with zero attached hydrogens (tertiary/aromatic N) is 3. The lowest BCUT2D eigenvalue weighted by molar-refractivity contribution is -0.130. The van der Waals surface area contributed by atoms with Gasteiger partial charge < -0.3 is 24.4 Å². The quantitative estimate of drug-likeness (QED) is 0.737. The lowest BCUT2D eigenvalue weighted by Gasteiger charge is -2.27. The zero-order valence-electron chi connectivity index (χ0n) is 13.1. The molecular weight excluding hydrogens is 300 g/mol. The summed E-state index contributed by atoms with van der Waals surface area (Å²) in [5.41, 5.74) is 0. The van der Waals surface area contributed by atoms with Crippen LogP contribution in [0.5, 0.6) is 5.88 Å². The average Bonchev–Trinajstić information content (AvgIpc) is 3.14. The highest BCUT2D eigenvalue weighted by Gasteiger charge is 2.22. The standard InChI is InChI=1S/C15H22N4O4/c20-15(12-2-1-6-22-12)16-3-7-23-14-10-13(17-11-18-14)19-4-8-21-9-5-19/h10-12H,1-9H2,(H,16,20). The highest BCUT2D eigenvalue weighted by molar-refractivity contribution is 5.80. The Morgan fingerprint density at radius 1 is 1.35 bits per heavy atom. The number of hydrogen-bond acceptors (Lipinski definition) is 7. The molecule has 23 heavy (non-hydrogen) atoms. The summed E-state index contributed by atoms with van der Waals surface area (Å²) in [5, 5.41) is 2.81. The summed E-state index contributed by atoms with van der Waals surface area (Å²) < 4.78 is 16.2. The number of carbonyl (C=O) groups is 1. The molecule has 1 atom stereocenters. The predicted molar refractivity (Wildman–Crippen MR) is 82.5 cm³/mol. The second-order valence-electron chi connectivity index (χ2n) is 5.46. The van der Waals surface area contributed by atoms with Crippen molar-refractivity contribution in [3.63, 3.8) is 0 Å². The molecule has 2 fully saturated rings. The maximum Gasteiger partial charge on any atom is 0.249 e. The van der Waals surface area contributed by atoms with Crippen molar-refractivity contribution < 1.29 is 19.0 Å². The first-order valence-corrected chi connectivity index (χ1v) is 8.00. The monoisotopic (exact) mass is 322 g/mol. The average molecular weight is 322 g/mol. The van der Waals surface area contributed by atoms with Crippen LogP contribution in [0.3, 0.4) is 0 Å². The number of morpholine rings is 1. The Bertz CT molecular complexity index is 516. The molecule has 2 saturated heterocycles. The van der Waals surface area contributed by atoms with Crippen LogP contribution in [0, 0.1) is 0 Å². The van der Waals surface area contributed by atoms with E-state index in [4.69, 9.17) is 14.2 Å². The fourth-order valence-electron chi connectivity index (χ4n) is 2.60. The zero-order chi connectivity index (χ0) is 15.9. The maximum atomic E-state index is 11.8. The van der Waals surface area contributed by atoms with Gasteiger partial charge in [-0.2, -0.15) is 0 Å². The fraction of sp³-hybridized carbons (Fsp3) is 0.667. The molecule has 3 rings (SSSR count). The molecule has 126 valence electrons. The minimum Gasteiger partial charge on any atom is -0.476 e. The van der Waals surface area contributed by atoms with E-state index in [1.807, 2.05) is 6.07 Å². The van der Waals surface area contributed by atoms with Crippen molar-refractivity contribution in [2.45, 2.75) is 18.9 Å². The van der Waals surface area contributed by atoms with Crippen molar-refractivity contribution in [2.75, 3.05) is 51.0 Å². The highest BCUT2D eigenvalue weighted by atomic mass is 16.5. The second-order valence-corrected chi connectivity index (χ2v) is 5.46. The molecule has 0 aliphatic carbocycles. The van der Waals surface area contributed by atoms with Crippen LogP contribution in [0.2, 0.25) is 0 Å². The van der Waals surface area contributed by atoms with Crippen molar-refractivity contribution in [1.82, 2.24) is 15.3 Å². The molecule has 8 heteroatoms. The Labute approximate surface area is 135 Å². The Morgan fingerprint density at radius 3 is 3.00 bits per heavy atom. The molecule has 0 aromatic carbocycles. The number of aromatic nitrogens is 2. The first-order chi connectivity index (χ1) is 11.3. The number of hydrogen-bond donors (Lipinski definition) is 1. The summed E-state index contributed by atoms with van der Waals surface area (Å²) in [6, 6.07) is 1.81. The van der Waals surface area contributed by atoms with Gasteiger partial charge in [0, 0.05) is 25.8 Å². The normalized spacial score (nSPS) is 21.2. The van der Waals surface area contributed by atoms with Gasteiger partial charge in [0.15, 0.2) is 0 Å². The molecule has 1 N–H and O–H groups in total. The minimum absolute atomic E-state index is 0.0669. The summed E-state index contributed by atoms with van der Waals surface area (Å²) in [7, 11) is 0. The van der Waals surface area contributed by atoms with E-state index < -0.39 is 0 Å². The van der Waals surface area contributed by atoms with Gasteiger partial charge in [-0.1, -0.05) is 0 Å². The van der Waals surface area contributed by atoms with E-state index in [1.54, 1.807) is 0 Å². The van der Waals surface area contributed by atoms with Gasteiger partial charge in [0.25, 0.3) is 0 Å². The Morgan fingerprint density at radius 2 is 2.22 bits per heavy atom. The van der Waals surface area contributed by atoms with Gasteiger partial charge in [-0.25, -0.2) is 9.97 Å². The summed E-state index contributed by atoms with van der Waals surface area (Å²) in [5.74, 6) is 1.28. The molecule has 1 aromatic rings. The topological polar surface area (TPSA) is 85.8 Å². The lowest BCUT2D eigenvalue weighted by atomic mass is 10.2. The number of carbonyl (C=O) groups excluding carboxylic acids is 1. The zero-order valence-corrected chi connectivity index (χ0v) is 13.1. The molecule has 0 bridgehead atoms. The minimum atomic E-state index is -0.304. The third kappa shape index (κ3) is 4.52. The first kappa shape index (κ1) is 15.9. The van der Waals surface area contributed by atoms with Gasteiger partial charge in [0.05, 0.1) is 19.8 Å². The van der Waals surface area contributed by atoms with E-state index in [9.17, 15) is 4.79 Å². The van der Waals surface area contributed by atoms with E-state index in [0.717, 1.165) is 31.7 Å². The second kappa shape index (κ2) is 8.07. The van der Waals surface area contributed by atoms with Crippen LogP contribution < -0.4 is 15.0 Å². The third-order valence-electron chi connectivity index (χ3n) is 3.84. The summed E-state index contributed by atoms with van der Waals surface area (Å²) in [4.78, 5) is 22.3. The van der Waals surface area contributed by atoms with Crippen molar-refractivity contribution in [3.05, 3.63) is 12.4 Å². The summed E-state index contributed by atoms with van der Waals surface area (Å²) in [6.07, 6.45) is 2.92. The molecule has 3 heterocycles. The molecular formula is C15H22N4O4. The Kier molecular flexibility index (Phi) is 5.60. The molecule has 2 aliphatic rings. The molecule has 1 amide bonds. The van der Waals surface area contributed by atoms with Crippen LogP contribution in [0.1, 0.15) is 12.8 Å². The molecule has 2 aliphatic heterocycles. The maximum absolute atomic E-state index is 11.8. The summed E-state index contributed by atoms with van der Waals surface area (Å²) in [6.45, 7) is 4.49. The number of amides is 1. The first-order valence-electron chi connectivity index (χ1n) is 8.00. The van der Waals surface area contributed by atoms with Crippen LogP contribution in [-0.4, -0.2) is 68.0 Å². The van der Waals surface area contributed by atoms with E-state index in [2.05, 4.69) is 20.2 Å². The van der Waals surface area contributed by atoms with Crippen molar-refractivity contribution in [3.8, 4) is 5.88 Å². The van der Waals surface area contributed by atoms with Crippen molar-refractivity contribution >= 4 is 11.7 Å². The van der Waals surface area contributed by atoms with Crippen molar-refractivity contribution in [2.24, 2.45) is 0 Å². The number of rotatable bonds is 6. The van der Waals surface area contributed by atoms with Gasteiger partial charge in [-0.05, 0) is 12.8 Å². The van der Waals surface area contributed by atoms with Gasteiger partial charge >= 0.3 is 0 Å². The SMILES string of the molecule is O=C(NCCOc1cc(N2CCOCC2)ncn1)C1CCCO1. The van der Waals surface area contributed by atoms with E-state index >= 15 is 0 Å². The molecule has 8 nitrogen and oxygen atoms in total. The van der Waals surface area contributed by atoms with Crippen LogP contribution in [0.4, 0.5) is 5.82 Å². The van der Waals surface area contributed by atoms with Gasteiger partial charge in [-0.3, -0.25) is 4.79 Å². The van der Waals surface area contributed by atoms with Gasteiger partial charge in [0.2, 0.25) is 11.8 Å². The molecule has 1 unspecified atom stereocenters. The number of nitrogens with one attached hydrogen (secondary N) is 1. The number of ether oxygens (including phenoxy) is 3. The number of anilines is 1.